The lowest BCUT2D eigenvalue weighted by Gasteiger charge is -2.12. The second kappa shape index (κ2) is 8.22. The van der Waals surface area contributed by atoms with Crippen molar-refractivity contribution in [2.45, 2.75) is 13.8 Å². The maximum absolute atomic E-state index is 12.6. The van der Waals surface area contributed by atoms with Crippen LogP contribution in [0.4, 0.5) is 5.69 Å². The number of nitrogens with zero attached hydrogens (tertiary/aromatic N) is 3. The summed E-state index contributed by atoms with van der Waals surface area (Å²) in [6.07, 6.45) is 0. The Balaban J connectivity index is 1.82. The summed E-state index contributed by atoms with van der Waals surface area (Å²) in [7, 11) is 1.88. The highest BCUT2D eigenvalue weighted by Gasteiger charge is 2.15. The number of carbonyl (C=O) groups excluding carboxylic acids is 2. The molecule has 0 aliphatic rings. The summed E-state index contributed by atoms with van der Waals surface area (Å²) < 4.78 is 1.88. The topological polar surface area (TPSA) is 88.9 Å². The van der Waals surface area contributed by atoms with Gasteiger partial charge in [0.05, 0.1) is 11.3 Å². The predicted octanol–water partition coefficient (Wildman–Crippen LogP) is 3.45. The lowest BCUT2D eigenvalue weighted by Crippen LogP contribution is -2.24. The first-order valence-corrected chi connectivity index (χ1v) is 9.14. The van der Waals surface area contributed by atoms with Gasteiger partial charge in [-0.25, -0.2) is 0 Å². The highest BCUT2D eigenvalue weighted by atomic mass is 35.5. The van der Waals surface area contributed by atoms with Gasteiger partial charge in [0.1, 0.15) is 5.82 Å². The number of anilines is 1. The van der Waals surface area contributed by atoms with Gasteiger partial charge in [-0.3, -0.25) is 9.59 Å². The second-order valence-corrected chi connectivity index (χ2v) is 6.65. The summed E-state index contributed by atoms with van der Waals surface area (Å²) in [5, 5.41) is 14.1. The zero-order chi connectivity index (χ0) is 20.3. The van der Waals surface area contributed by atoms with Gasteiger partial charge in [0.15, 0.2) is 5.82 Å². The minimum Gasteiger partial charge on any atom is -0.352 e. The van der Waals surface area contributed by atoms with Crippen molar-refractivity contribution in [2.75, 3.05) is 11.9 Å². The maximum Gasteiger partial charge on any atom is 0.255 e. The minimum atomic E-state index is -0.325. The molecule has 0 radical (unpaired) electrons. The van der Waals surface area contributed by atoms with Crippen LogP contribution in [0.2, 0.25) is 5.02 Å². The first-order chi connectivity index (χ1) is 13.4. The van der Waals surface area contributed by atoms with Crippen LogP contribution in [-0.2, 0) is 7.05 Å². The molecule has 0 saturated heterocycles. The molecule has 0 aliphatic heterocycles. The van der Waals surface area contributed by atoms with Crippen LogP contribution in [0.5, 0.6) is 0 Å². The maximum atomic E-state index is 12.6. The molecule has 2 N–H and O–H groups in total. The number of hydrogen-bond donors (Lipinski definition) is 2. The number of hydrogen-bond acceptors (Lipinski definition) is 4. The Hall–Kier alpha value is -3.19. The Labute approximate surface area is 167 Å². The first kappa shape index (κ1) is 19.6. The Morgan fingerprint density at radius 1 is 1.07 bits per heavy atom. The Kier molecular flexibility index (Phi) is 5.75. The average molecular weight is 398 g/mol. The van der Waals surface area contributed by atoms with Crippen LogP contribution < -0.4 is 10.6 Å². The zero-order valence-electron chi connectivity index (χ0n) is 15.8. The molecule has 28 heavy (non-hydrogen) atoms. The van der Waals surface area contributed by atoms with Crippen molar-refractivity contribution in [3.8, 4) is 11.4 Å². The molecule has 3 rings (SSSR count). The number of nitrogens with one attached hydrogen (secondary N) is 2. The Morgan fingerprint density at radius 3 is 2.39 bits per heavy atom. The Morgan fingerprint density at radius 2 is 1.79 bits per heavy atom. The lowest BCUT2D eigenvalue weighted by atomic mass is 10.1. The molecule has 8 heteroatoms. The molecule has 3 aromatic rings. The summed E-state index contributed by atoms with van der Waals surface area (Å²) in [4.78, 5) is 24.9. The molecule has 0 fully saturated rings. The molecule has 0 bridgehead atoms. The van der Waals surface area contributed by atoms with Crippen molar-refractivity contribution in [1.82, 2.24) is 20.1 Å². The van der Waals surface area contributed by atoms with Crippen LogP contribution in [-0.4, -0.2) is 33.1 Å². The van der Waals surface area contributed by atoms with Crippen LogP contribution in [0.15, 0.2) is 42.5 Å². The van der Waals surface area contributed by atoms with Gasteiger partial charge >= 0.3 is 0 Å². The molecule has 0 saturated carbocycles. The van der Waals surface area contributed by atoms with E-state index in [1.54, 1.807) is 24.3 Å². The standard InChI is InChI=1S/C20H20ClN5O2/c1-4-22-20(28)16-11-15(21)9-10-17(16)23-19(27)14-7-5-13(6-8-14)18-25-24-12(2)26(18)3/h5-11H,4H2,1-3H3,(H,22,28)(H,23,27). The molecule has 2 aromatic carbocycles. The number of rotatable bonds is 5. The van der Waals surface area contributed by atoms with E-state index in [2.05, 4.69) is 20.8 Å². The van der Waals surface area contributed by atoms with Crippen LogP contribution in [0.25, 0.3) is 11.4 Å². The van der Waals surface area contributed by atoms with Crippen molar-refractivity contribution < 1.29 is 9.59 Å². The molecule has 1 aromatic heterocycles. The van der Waals surface area contributed by atoms with Crippen molar-refractivity contribution >= 4 is 29.1 Å². The van der Waals surface area contributed by atoms with Crippen molar-refractivity contribution in [3.05, 3.63) is 64.4 Å². The summed E-state index contributed by atoms with van der Waals surface area (Å²) in [5.41, 5.74) is 2.02. The zero-order valence-corrected chi connectivity index (χ0v) is 16.5. The van der Waals surface area contributed by atoms with Gasteiger partial charge in [-0.2, -0.15) is 0 Å². The van der Waals surface area contributed by atoms with E-state index in [1.807, 2.05) is 37.6 Å². The molecule has 0 aliphatic carbocycles. The number of halogens is 1. The number of amides is 2. The van der Waals surface area contributed by atoms with Gasteiger partial charge in [-0.15, -0.1) is 10.2 Å². The van der Waals surface area contributed by atoms with E-state index in [4.69, 9.17) is 11.6 Å². The van der Waals surface area contributed by atoms with Gasteiger partial charge < -0.3 is 15.2 Å². The van der Waals surface area contributed by atoms with E-state index in [9.17, 15) is 9.59 Å². The quantitative estimate of drug-likeness (QED) is 0.690. The summed E-state index contributed by atoms with van der Waals surface area (Å²) in [5.74, 6) is 0.903. The predicted molar refractivity (Wildman–Crippen MR) is 109 cm³/mol. The molecule has 144 valence electrons. The third kappa shape index (κ3) is 4.04. The number of aromatic nitrogens is 3. The number of aryl methyl sites for hydroxylation is 1. The minimum absolute atomic E-state index is 0.298. The third-order valence-electron chi connectivity index (χ3n) is 4.31. The van der Waals surface area contributed by atoms with Gasteiger partial charge in [0, 0.05) is 29.7 Å². The Bertz CT molecular complexity index is 1030. The van der Waals surface area contributed by atoms with E-state index in [1.165, 1.54) is 6.07 Å². The normalized spacial score (nSPS) is 10.6. The molecule has 0 atom stereocenters. The van der Waals surface area contributed by atoms with Crippen LogP contribution in [0.3, 0.4) is 0 Å². The summed E-state index contributed by atoms with van der Waals surface area (Å²) in [6.45, 7) is 4.17. The van der Waals surface area contributed by atoms with Gasteiger partial charge in [-0.1, -0.05) is 23.7 Å². The van der Waals surface area contributed by atoms with E-state index >= 15 is 0 Å². The SMILES string of the molecule is CCNC(=O)c1cc(Cl)ccc1NC(=O)c1ccc(-c2nnc(C)n2C)cc1. The highest BCUT2D eigenvalue weighted by Crippen LogP contribution is 2.22. The highest BCUT2D eigenvalue weighted by molar-refractivity contribution is 6.31. The van der Waals surface area contributed by atoms with E-state index in [0.717, 1.165) is 17.2 Å². The molecule has 7 nitrogen and oxygen atoms in total. The first-order valence-electron chi connectivity index (χ1n) is 8.76. The fraction of sp³-hybridized carbons (Fsp3) is 0.200. The van der Waals surface area contributed by atoms with Gasteiger partial charge in [-0.05, 0) is 44.2 Å². The smallest absolute Gasteiger partial charge is 0.255 e. The largest absolute Gasteiger partial charge is 0.352 e. The molecule has 0 unspecified atom stereocenters. The number of benzene rings is 2. The van der Waals surface area contributed by atoms with E-state index < -0.39 is 0 Å². The van der Waals surface area contributed by atoms with E-state index in [0.29, 0.717) is 28.4 Å². The monoisotopic (exact) mass is 397 g/mol. The molecule has 0 spiro atoms. The van der Waals surface area contributed by atoms with Crippen LogP contribution in [0, 0.1) is 6.92 Å². The van der Waals surface area contributed by atoms with Crippen molar-refractivity contribution in [2.24, 2.45) is 7.05 Å². The molecule has 2 amide bonds. The molecule has 1 heterocycles. The van der Waals surface area contributed by atoms with Crippen LogP contribution in [0.1, 0.15) is 33.5 Å². The second-order valence-electron chi connectivity index (χ2n) is 6.21. The van der Waals surface area contributed by atoms with Crippen molar-refractivity contribution in [1.29, 1.82) is 0 Å². The molecular weight excluding hydrogens is 378 g/mol. The third-order valence-corrected chi connectivity index (χ3v) is 4.54. The molecular formula is C20H20ClN5O2. The van der Waals surface area contributed by atoms with E-state index in [-0.39, 0.29) is 11.8 Å². The summed E-state index contributed by atoms with van der Waals surface area (Å²) >= 11 is 6.00. The summed E-state index contributed by atoms with van der Waals surface area (Å²) in [6, 6.07) is 11.8. The fourth-order valence-corrected chi connectivity index (χ4v) is 2.86. The van der Waals surface area contributed by atoms with Gasteiger partial charge in [0.2, 0.25) is 0 Å². The van der Waals surface area contributed by atoms with Gasteiger partial charge in [0.25, 0.3) is 11.8 Å². The van der Waals surface area contributed by atoms with Crippen molar-refractivity contribution in [3.63, 3.8) is 0 Å². The number of carbonyl (C=O) groups is 2. The fourth-order valence-electron chi connectivity index (χ4n) is 2.69. The average Bonchev–Trinajstić information content (AvgIpc) is 3.02. The lowest BCUT2D eigenvalue weighted by molar-refractivity contribution is 0.0956. The van der Waals surface area contributed by atoms with Crippen LogP contribution >= 0.6 is 11.6 Å².